The summed E-state index contributed by atoms with van der Waals surface area (Å²) in [5.41, 5.74) is 0.821. The number of aliphatic carboxylic acids is 1. The molecule has 0 fully saturated rings. The zero-order valence-corrected chi connectivity index (χ0v) is 32.4. The Hall–Kier alpha value is -3.89. The molecule has 0 saturated heterocycles. The molecular weight excluding hydrogens is 697 g/mol. The summed E-state index contributed by atoms with van der Waals surface area (Å²) in [7, 11) is -0.451. The number of benzene rings is 2. The molecule has 0 aliphatic rings. The van der Waals surface area contributed by atoms with E-state index in [1.54, 1.807) is 38.1 Å². The minimum absolute atomic E-state index is 0.00528. The number of hydrogen-bond donors (Lipinski definition) is 7. The van der Waals surface area contributed by atoms with Gasteiger partial charge in [-0.1, -0.05) is 78.6 Å². The molecule has 0 unspecified atom stereocenters. The molecule has 2 aromatic carbocycles. The van der Waals surface area contributed by atoms with Crippen molar-refractivity contribution in [3.63, 3.8) is 0 Å². The summed E-state index contributed by atoms with van der Waals surface area (Å²) < 4.78 is 28.9. The number of carboxylic acids is 1. The van der Waals surface area contributed by atoms with Crippen molar-refractivity contribution in [3.05, 3.63) is 36.4 Å². The van der Waals surface area contributed by atoms with Crippen LogP contribution in [-0.4, -0.2) is 93.7 Å². The first-order chi connectivity index (χ1) is 23.9. The average Bonchev–Trinajstić information content (AvgIpc) is 3.08. The van der Waals surface area contributed by atoms with Crippen molar-refractivity contribution in [1.82, 2.24) is 26.0 Å². The molecule has 4 amide bonds. The number of thiol groups is 1. The molecule has 0 radical (unpaired) electrons. The average molecular weight is 751 g/mol. The summed E-state index contributed by atoms with van der Waals surface area (Å²) >= 11 is 4.20. The quantitative estimate of drug-likeness (QED) is 0.0992. The normalized spacial score (nSPS) is 15.2. The summed E-state index contributed by atoms with van der Waals surface area (Å²) in [6.45, 7) is 10.1. The maximum absolute atomic E-state index is 13.6. The third kappa shape index (κ3) is 12.1. The number of anilines is 1. The minimum Gasteiger partial charge on any atom is -0.480 e. The SMILES string of the molecule is CC[C@H](C)[C@H](NC(=O)[C@H](CS)NC(=O)CNS(=O)(=O)c1cccc2c(N(C)C)cccc12)C(=O)N[C@H](C(=O)N[C@@H](CC(C)C)C(=O)O)[C@@H](C)CC. The van der Waals surface area contributed by atoms with Crippen LogP contribution in [0.15, 0.2) is 41.3 Å². The smallest absolute Gasteiger partial charge is 0.326 e. The molecule has 0 aliphatic carbocycles. The molecule has 284 valence electrons. The van der Waals surface area contributed by atoms with E-state index in [9.17, 15) is 37.5 Å². The number of sulfonamides is 1. The predicted molar refractivity (Wildman–Crippen MR) is 201 cm³/mol. The highest BCUT2D eigenvalue weighted by atomic mass is 32.2. The Morgan fingerprint density at radius 1 is 0.765 bits per heavy atom. The van der Waals surface area contributed by atoms with Crippen LogP contribution in [0.25, 0.3) is 10.8 Å². The number of carbonyl (C=O) groups is 5. The van der Waals surface area contributed by atoms with E-state index in [0.717, 1.165) is 5.69 Å². The first-order valence-corrected chi connectivity index (χ1v) is 19.2. The van der Waals surface area contributed by atoms with Gasteiger partial charge in [-0.25, -0.2) is 17.9 Å². The standard InChI is InChI=1S/C35H54N6O8S2/c1-9-21(5)30(33(44)38-25(35(46)47)17-20(3)4)40-34(45)31(22(6)10-2)39-32(43)26(19-50)37-29(42)18-36-51(48,49)28-16-12-13-23-24(28)14-11-15-27(23)41(7)8/h11-16,20-22,25-26,30-31,36,50H,9-10,17-19H2,1-8H3,(H,37,42)(H,38,44)(H,39,43)(H,40,45)(H,46,47)/t21-,22-,25-,26-,30-,31-/m0/s1. The Labute approximate surface area is 306 Å². The van der Waals surface area contributed by atoms with Crippen LogP contribution in [0.2, 0.25) is 0 Å². The lowest BCUT2D eigenvalue weighted by Gasteiger charge is -2.30. The molecule has 2 aromatic rings. The van der Waals surface area contributed by atoms with E-state index in [1.807, 2.05) is 52.8 Å². The van der Waals surface area contributed by atoms with Gasteiger partial charge in [0.2, 0.25) is 33.7 Å². The van der Waals surface area contributed by atoms with Gasteiger partial charge in [-0.2, -0.15) is 12.6 Å². The number of nitrogens with zero attached hydrogens (tertiary/aromatic N) is 1. The van der Waals surface area contributed by atoms with E-state index in [2.05, 4.69) is 38.6 Å². The first-order valence-electron chi connectivity index (χ1n) is 17.1. The van der Waals surface area contributed by atoms with E-state index in [0.29, 0.717) is 23.6 Å². The topological polar surface area (TPSA) is 203 Å². The lowest BCUT2D eigenvalue weighted by molar-refractivity contribution is -0.143. The molecule has 2 rings (SSSR count). The molecule has 14 nitrogen and oxygen atoms in total. The Kier molecular flexibility index (Phi) is 16.7. The maximum atomic E-state index is 13.6. The second kappa shape index (κ2) is 19.6. The van der Waals surface area contributed by atoms with Gasteiger partial charge in [0.15, 0.2) is 0 Å². The molecule has 6 N–H and O–H groups in total. The number of hydrogen-bond acceptors (Lipinski definition) is 9. The summed E-state index contributed by atoms with van der Waals surface area (Å²) in [5.74, 6) is -4.96. The largest absolute Gasteiger partial charge is 0.480 e. The van der Waals surface area contributed by atoms with Crippen LogP contribution in [0.1, 0.15) is 60.8 Å². The number of amides is 4. The number of fused-ring (bicyclic) bond motifs is 1. The van der Waals surface area contributed by atoms with Crippen molar-refractivity contribution in [3.8, 4) is 0 Å². The first kappa shape index (κ1) is 43.3. The second-order valence-corrected chi connectivity index (χ2v) is 15.5. The molecule has 6 atom stereocenters. The van der Waals surface area contributed by atoms with Gasteiger partial charge in [0.1, 0.15) is 24.2 Å². The van der Waals surface area contributed by atoms with Gasteiger partial charge in [0, 0.05) is 36.3 Å². The van der Waals surface area contributed by atoms with E-state index in [1.165, 1.54) is 6.07 Å². The monoisotopic (exact) mass is 750 g/mol. The Bertz CT molecular complexity index is 1650. The fraction of sp³-hybridized carbons (Fsp3) is 0.571. The summed E-state index contributed by atoms with van der Waals surface area (Å²) in [4.78, 5) is 66.9. The van der Waals surface area contributed by atoms with Crippen molar-refractivity contribution in [1.29, 1.82) is 0 Å². The van der Waals surface area contributed by atoms with Crippen LogP contribution in [0.5, 0.6) is 0 Å². The zero-order chi connectivity index (χ0) is 38.6. The van der Waals surface area contributed by atoms with Gasteiger partial charge in [-0.3, -0.25) is 19.2 Å². The van der Waals surface area contributed by atoms with Gasteiger partial charge < -0.3 is 31.3 Å². The second-order valence-electron chi connectivity index (χ2n) is 13.4. The Morgan fingerprint density at radius 2 is 1.29 bits per heavy atom. The summed E-state index contributed by atoms with van der Waals surface area (Å²) in [6.07, 6.45) is 1.17. The van der Waals surface area contributed by atoms with E-state index in [4.69, 9.17) is 0 Å². The Balaban J connectivity index is 2.17. The number of rotatable bonds is 20. The maximum Gasteiger partial charge on any atom is 0.326 e. The van der Waals surface area contributed by atoms with Crippen molar-refractivity contribution in [2.75, 3.05) is 31.3 Å². The lowest BCUT2D eigenvalue weighted by Crippen LogP contribution is -2.61. The molecule has 16 heteroatoms. The van der Waals surface area contributed by atoms with Crippen LogP contribution in [-0.2, 0) is 34.0 Å². The lowest BCUT2D eigenvalue weighted by atomic mass is 9.94. The van der Waals surface area contributed by atoms with Crippen molar-refractivity contribution in [2.45, 2.75) is 89.9 Å². The van der Waals surface area contributed by atoms with Crippen molar-refractivity contribution in [2.24, 2.45) is 17.8 Å². The highest BCUT2D eigenvalue weighted by Gasteiger charge is 2.35. The van der Waals surface area contributed by atoms with E-state index >= 15 is 0 Å². The van der Waals surface area contributed by atoms with E-state index in [-0.39, 0.29) is 28.9 Å². The molecule has 51 heavy (non-hydrogen) atoms. The fourth-order valence-electron chi connectivity index (χ4n) is 5.42. The molecule has 0 spiro atoms. The highest BCUT2D eigenvalue weighted by Crippen LogP contribution is 2.30. The van der Waals surface area contributed by atoms with Crippen LogP contribution in [0.3, 0.4) is 0 Å². The molecule has 0 aliphatic heterocycles. The number of nitrogens with one attached hydrogen (secondary N) is 5. The molecule has 0 heterocycles. The van der Waals surface area contributed by atoms with Crippen LogP contribution >= 0.6 is 12.6 Å². The molecule has 0 saturated carbocycles. The fourth-order valence-corrected chi connectivity index (χ4v) is 6.88. The van der Waals surface area contributed by atoms with Gasteiger partial charge in [0.05, 0.1) is 11.4 Å². The molecule has 0 bridgehead atoms. The van der Waals surface area contributed by atoms with Crippen LogP contribution in [0, 0.1) is 17.8 Å². The summed E-state index contributed by atoms with van der Waals surface area (Å²) in [6, 6.07) is 5.58. The molecule has 0 aromatic heterocycles. The van der Waals surface area contributed by atoms with Gasteiger partial charge in [-0.15, -0.1) is 0 Å². The zero-order valence-electron chi connectivity index (χ0n) is 30.6. The van der Waals surface area contributed by atoms with Crippen LogP contribution < -0.4 is 30.9 Å². The summed E-state index contributed by atoms with van der Waals surface area (Å²) in [5, 5.41) is 21.2. The van der Waals surface area contributed by atoms with Gasteiger partial charge in [-0.05, 0) is 36.3 Å². The molecular formula is C35H54N6O8S2. The van der Waals surface area contributed by atoms with Crippen LogP contribution in [0.4, 0.5) is 5.69 Å². The minimum atomic E-state index is -4.15. The Morgan fingerprint density at radius 3 is 1.80 bits per heavy atom. The van der Waals surface area contributed by atoms with E-state index < -0.39 is 76.3 Å². The van der Waals surface area contributed by atoms with Crippen molar-refractivity contribution >= 4 is 68.7 Å². The number of carboxylic acid groups (broad SMARTS) is 1. The van der Waals surface area contributed by atoms with Gasteiger partial charge >= 0.3 is 5.97 Å². The predicted octanol–water partition coefficient (Wildman–Crippen LogP) is 2.28. The van der Waals surface area contributed by atoms with Gasteiger partial charge in [0.25, 0.3) is 0 Å². The third-order valence-corrected chi connectivity index (χ3v) is 10.6. The third-order valence-electron chi connectivity index (χ3n) is 8.80. The van der Waals surface area contributed by atoms with Crippen molar-refractivity contribution < 1.29 is 37.5 Å². The highest BCUT2D eigenvalue weighted by molar-refractivity contribution is 7.89. The number of carbonyl (C=O) groups excluding carboxylic acids is 4.